The fourth-order valence-corrected chi connectivity index (χ4v) is 1.67. The first-order valence-corrected chi connectivity index (χ1v) is 6.31. The predicted octanol–water partition coefficient (Wildman–Crippen LogP) is 2.28. The first-order chi connectivity index (χ1) is 5.88. The summed E-state index contributed by atoms with van der Waals surface area (Å²) in [5, 5.41) is 0.551. The third-order valence-electron chi connectivity index (χ3n) is 1.31. The maximum absolute atomic E-state index is 11.3. The monoisotopic (exact) mass is 218 g/mol. The summed E-state index contributed by atoms with van der Waals surface area (Å²) in [5.74, 6) is 0. The minimum atomic E-state index is -2.16. The summed E-state index contributed by atoms with van der Waals surface area (Å²) in [4.78, 5) is 0. The van der Waals surface area contributed by atoms with Gasteiger partial charge in [0, 0.05) is 27.3 Å². The summed E-state index contributed by atoms with van der Waals surface area (Å²) < 4.78 is 15.3. The van der Waals surface area contributed by atoms with E-state index in [1.165, 1.54) is 0 Å². The Bertz CT molecular complexity index is 428. The molecule has 0 fully saturated rings. The van der Waals surface area contributed by atoms with E-state index in [9.17, 15) is 4.21 Å². The number of hydrogen-bond acceptors (Lipinski definition) is 3. The van der Waals surface area contributed by atoms with Gasteiger partial charge in [0.25, 0.3) is 0 Å². The normalized spacial score (nSPS) is 11.3. The minimum Gasteiger partial charge on any atom is -0.397 e. The third-order valence-corrected chi connectivity index (χ3v) is 2.18. The molecule has 0 amide bonds. The van der Waals surface area contributed by atoms with Crippen molar-refractivity contribution in [2.75, 3.05) is 18.2 Å². The van der Waals surface area contributed by atoms with Gasteiger partial charge in [0.1, 0.15) is 0 Å². The standard InChI is InChI=1S/C8H11ClN2OS/c1-13(2,12)11-8-4-3-6(9)5-7(8)10/h3-5H,10H2,1-2H3. The predicted molar refractivity (Wildman–Crippen MR) is 57.9 cm³/mol. The van der Waals surface area contributed by atoms with Crippen LogP contribution in [0.2, 0.25) is 5.02 Å². The van der Waals surface area contributed by atoms with Crippen molar-refractivity contribution < 1.29 is 4.21 Å². The molecular formula is C8H11ClN2OS. The van der Waals surface area contributed by atoms with Crippen LogP contribution >= 0.6 is 11.6 Å². The lowest BCUT2D eigenvalue weighted by Gasteiger charge is -2.01. The molecule has 0 atom stereocenters. The topological polar surface area (TPSA) is 55.5 Å². The summed E-state index contributed by atoms with van der Waals surface area (Å²) in [6, 6.07) is 4.91. The van der Waals surface area contributed by atoms with Crippen LogP contribution in [0.15, 0.2) is 22.6 Å². The Hall–Kier alpha value is -0.740. The fraction of sp³-hybridized carbons (Fsp3) is 0.250. The Morgan fingerprint density at radius 2 is 2.08 bits per heavy atom. The summed E-state index contributed by atoms with van der Waals surface area (Å²) in [6.07, 6.45) is 3.11. The first kappa shape index (κ1) is 10.3. The summed E-state index contributed by atoms with van der Waals surface area (Å²) in [7, 11) is -2.16. The van der Waals surface area contributed by atoms with Crippen molar-refractivity contribution in [1.82, 2.24) is 0 Å². The van der Waals surface area contributed by atoms with Gasteiger partial charge in [-0.2, -0.15) is 4.36 Å². The number of hydrogen-bond donors (Lipinski definition) is 1. The lowest BCUT2D eigenvalue weighted by molar-refractivity contribution is 0.684. The number of nitrogens with zero attached hydrogens (tertiary/aromatic N) is 1. The van der Waals surface area contributed by atoms with Gasteiger partial charge >= 0.3 is 0 Å². The lowest BCUT2D eigenvalue weighted by Crippen LogP contribution is -1.91. The molecule has 72 valence electrons. The van der Waals surface area contributed by atoms with E-state index < -0.39 is 9.73 Å². The number of nitrogen functional groups attached to an aromatic ring is 1. The van der Waals surface area contributed by atoms with Gasteiger partial charge in [-0.25, -0.2) is 4.21 Å². The zero-order chi connectivity index (χ0) is 10.1. The SMILES string of the molecule is CS(C)(=O)=Nc1ccc(Cl)cc1N. The number of benzene rings is 1. The van der Waals surface area contributed by atoms with Crippen molar-refractivity contribution in [3.05, 3.63) is 23.2 Å². The molecule has 0 aliphatic rings. The van der Waals surface area contributed by atoms with Crippen LogP contribution in [0.4, 0.5) is 11.4 Å². The van der Waals surface area contributed by atoms with E-state index in [1.54, 1.807) is 30.7 Å². The third kappa shape index (κ3) is 3.24. The van der Waals surface area contributed by atoms with E-state index in [0.29, 0.717) is 16.4 Å². The minimum absolute atomic E-state index is 0.448. The zero-order valence-corrected chi connectivity index (χ0v) is 9.02. The summed E-state index contributed by atoms with van der Waals surface area (Å²) in [6.45, 7) is 0. The van der Waals surface area contributed by atoms with Crippen LogP contribution in [0.3, 0.4) is 0 Å². The number of anilines is 1. The highest BCUT2D eigenvalue weighted by molar-refractivity contribution is 7.92. The summed E-state index contributed by atoms with van der Waals surface area (Å²) in [5.41, 5.74) is 6.60. The molecule has 0 spiro atoms. The van der Waals surface area contributed by atoms with E-state index in [4.69, 9.17) is 17.3 Å². The summed E-state index contributed by atoms with van der Waals surface area (Å²) >= 11 is 5.70. The quantitative estimate of drug-likeness (QED) is 0.736. The van der Waals surface area contributed by atoms with Crippen molar-refractivity contribution >= 4 is 32.7 Å². The van der Waals surface area contributed by atoms with Crippen LogP contribution in [0, 0.1) is 0 Å². The van der Waals surface area contributed by atoms with Crippen molar-refractivity contribution in [3.8, 4) is 0 Å². The van der Waals surface area contributed by atoms with E-state index in [2.05, 4.69) is 4.36 Å². The molecule has 1 rings (SSSR count). The largest absolute Gasteiger partial charge is 0.397 e. The molecule has 0 bridgehead atoms. The Morgan fingerprint density at radius 3 is 2.54 bits per heavy atom. The van der Waals surface area contributed by atoms with Gasteiger partial charge in [-0.05, 0) is 18.2 Å². The molecule has 0 heterocycles. The molecule has 1 aromatic rings. The molecule has 0 radical (unpaired) electrons. The Labute approximate surface area is 83.1 Å². The molecule has 2 N–H and O–H groups in total. The maximum atomic E-state index is 11.3. The Balaban J connectivity index is 3.26. The van der Waals surface area contributed by atoms with Crippen LogP contribution < -0.4 is 5.73 Å². The number of nitrogens with two attached hydrogens (primary N) is 1. The average molecular weight is 219 g/mol. The molecule has 0 aliphatic heterocycles. The number of rotatable bonds is 1. The van der Waals surface area contributed by atoms with Gasteiger partial charge in [-0.3, -0.25) is 0 Å². The van der Waals surface area contributed by atoms with Crippen molar-refractivity contribution in [2.24, 2.45) is 4.36 Å². The molecule has 0 unspecified atom stereocenters. The van der Waals surface area contributed by atoms with Gasteiger partial charge in [0.05, 0.1) is 11.4 Å². The molecule has 3 nitrogen and oxygen atoms in total. The smallest absolute Gasteiger partial charge is 0.0960 e. The first-order valence-electron chi connectivity index (χ1n) is 3.61. The molecule has 0 saturated heterocycles. The van der Waals surface area contributed by atoms with Crippen LogP contribution in [-0.2, 0) is 9.73 Å². The zero-order valence-electron chi connectivity index (χ0n) is 7.45. The highest BCUT2D eigenvalue weighted by atomic mass is 35.5. The molecule has 0 saturated carbocycles. The van der Waals surface area contributed by atoms with Crippen LogP contribution in [0.25, 0.3) is 0 Å². The van der Waals surface area contributed by atoms with Crippen molar-refractivity contribution in [3.63, 3.8) is 0 Å². The van der Waals surface area contributed by atoms with E-state index in [-0.39, 0.29) is 0 Å². The van der Waals surface area contributed by atoms with E-state index >= 15 is 0 Å². The van der Waals surface area contributed by atoms with Crippen LogP contribution in [0.5, 0.6) is 0 Å². The fourth-order valence-electron chi connectivity index (χ4n) is 0.845. The van der Waals surface area contributed by atoms with Crippen molar-refractivity contribution in [1.29, 1.82) is 0 Å². The molecule has 5 heteroatoms. The second-order valence-corrected chi connectivity index (χ2v) is 5.96. The second-order valence-electron chi connectivity index (χ2n) is 2.98. The van der Waals surface area contributed by atoms with E-state index in [0.717, 1.165) is 0 Å². The molecular weight excluding hydrogens is 208 g/mol. The highest BCUT2D eigenvalue weighted by Gasteiger charge is 1.99. The second kappa shape index (κ2) is 3.55. The lowest BCUT2D eigenvalue weighted by atomic mass is 10.3. The molecule has 0 aromatic heterocycles. The van der Waals surface area contributed by atoms with Gasteiger partial charge < -0.3 is 5.73 Å². The molecule has 13 heavy (non-hydrogen) atoms. The van der Waals surface area contributed by atoms with Crippen LogP contribution in [-0.4, -0.2) is 16.7 Å². The van der Waals surface area contributed by atoms with Crippen LogP contribution in [0.1, 0.15) is 0 Å². The van der Waals surface area contributed by atoms with Gasteiger partial charge in [0.15, 0.2) is 0 Å². The number of halogens is 1. The molecule has 0 aliphatic carbocycles. The Morgan fingerprint density at radius 1 is 1.46 bits per heavy atom. The van der Waals surface area contributed by atoms with Gasteiger partial charge in [-0.1, -0.05) is 11.6 Å². The highest BCUT2D eigenvalue weighted by Crippen LogP contribution is 2.26. The Kier molecular flexibility index (Phi) is 2.83. The average Bonchev–Trinajstić information content (AvgIpc) is 1.93. The van der Waals surface area contributed by atoms with Gasteiger partial charge in [-0.15, -0.1) is 0 Å². The van der Waals surface area contributed by atoms with Crippen molar-refractivity contribution in [2.45, 2.75) is 0 Å². The van der Waals surface area contributed by atoms with E-state index in [1.807, 2.05) is 0 Å². The molecule has 1 aromatic carbocycles. The maximum Gasteiger partial charge on any atom is 0.0960 e. The van der Waals surface area contributed by atoms with Gasteiger partial charge in [0.2, 0.25) is 0 Å².